The van der Waals surface area contributed by atoms with Crippen LogP contribution in [0, 0.1) is 6.92 Å². The summed E-state index contributed by atoms with van der Waals surface area (Å²) in [6.07, 6.45) is 3.89. The Morgan fingerprint density at radius 2 is 1.82 bits per heavy atom. The summed E-state index contributed by atoms with van der Waals surface area (Å²) >= 11 is 6.51. The number of benzene rings is 2. The molecule has 2 aromatic heterocycles. The van der Waals surface area contributed by atoms with Crippen LogP contribution in [-0.4, -0.2) is 20.3 Å². The van der Waals surface area contributed by atoms with Gasteiger partial charge in [0.05, 0.1) is 39.9 Å². The van der Waals surface area contributed by atoms with Crippen LogP contribution in [-0.2, 0) is 6.54 Å². The molecule has 0 saturated heterocycles. The monoisotopic (exact) mass is 388 g/mol. The summed E-state index contributed by atoms with van der Waals surface area (Å²) in [5, 5.41) is 4.81. The molecule has 0 radical (unpaired) electrons. The summed E-state index contributed by atoms with van der Waals surface area (Å²) < 4.78 is 3.86. The molecular formula is C22H17ClN4O. The SMILES string of the molecule is Cc1ccn(-c2ccc(C(=O)N3Cc4cccn4-c4ccccc43)c(Cl)c2)n1. The lowest BCUT2D eigenvalue weighted by Crippen LogP contribution is -2.35. The first-order valence-electron chi connectivity index (χ1n) is 9.01. The maximum Gasteiger partial charge on any atom is 0.260 e. The van der Waals surface area contributed by atoms with Gasteiger partial charge in [0, 0.05) is 18.1 Å². The van der Waals surface area contributed by atoms with Crippen LogP contribution >= 0.6 is 11.6 Å². The Morgan fingerprint density at radius 3 is 2.57 bits per heavy atom. The first-order chi connectivity index (χ1) is 13.6. The molecule has 0 atom stereocenters. The number of para-hydroxylation sites is 2. The van der Waals surface area contributed by atoms with Gasteiger partial charge in [0.25, 0.3) is 5.91 Å². The number of aryl methyl sites for hydroxylation is 1. The van der Waals surface area contributed by atoms with Crippen molar-refractivity contribution in [1.82, 2.24) is 14.3 Å². The molecule has 5 rings (SSSR count). The number of rotatable bonds is 2. The van der Waals surface area contributed by atoms with Gasteiger partial charge in [0.2, 0.25) is 0 Å². The van der Waals surface area contributed by atoms with Gasteiger partial charge >= 0.3 is 0 Å². The molecule has 2 aromatic carbocycles. The first-order valence-corrected chi connectivity index (χ1v) is 9.39. The predicted molar refractivity (Wildman–Crippen MR) is 110 cm³/mol. The fourth-order valence-corrected chi connectivity index (χ4v) is 3.88. The maximum absolute atomic E-state index is 13.4. The minimum absolute atomic E-state index is 0.118. The van der Waals surface area contributed by atoms with Crippen molar-refractivity contribution in [1.29, 1.82) is 0 Å². The number of nitrogens with zero attached hydrogens (tertiary/aromatic N) is 4. The first kappa shape index (κ1) is 16.8. The highest BCUT2D eigenvalue weighted by Crippen LogP contribution is 2.34. The number of anilines is 1. The van der Waals surface area contributed by atoms with E-state index >= 15 is 0 Å². The Kier molecular flexibility index (Phi) is 3.84. The van der Waals surface area contributed by atoms with Crippen molar-refractivity contribution in [2.45, 2.75) is 13.5 Å². The van der Waals surface area contributed by atoms with Crippen LogP contribution in [0.3, 0.4) is 0 Å². The number of fused-ring (bicyclic) bond motifs is 3. The summed E-state index contributed by atoms with van der Waals surface area (Å²) in [7, 11) is 0. The molecule has 28 heavy (non-hydrogen) atoms. The lowest BCUT2D eigenvalue weighted by Gasteiger charge is -2.31. The molecule has 0 unspecified atom stereocenters. The molecule has 0 saturated carbocycles. The number of aromatic nitrogens is 3. The molecule has 1 aliphatic rings. The zero-order chi connectivity index (χ0) is 19.3. The smallest absolute Gasteiger partial charge is 0.260 e. The molecule has 0 fully saturated rings. The van der Waals surface area contributed by atoms with Gasteiger partial charge in [-0.15, -0.1) is 0 Å². The van der Waals surface area contributed by atoms with E-state index in [1.165, 1.54) is 0 Å². The number of hydrogen-bond donors (Lipinski definition) is 0. The summed E-state index contributed by atoms with van der Waals surface area (Å²) in [5.41, 5.74) is 5.14. The summed E-state index contributed by atoms with van der Waals surface area (Å²) in [4.78, 5) is 15.2. The van der Waals surface area contributed by atoms with E-state index in [1.807, 2.05) is 67.8 Å². The highest BCUT2D eigenvalue weighted by Gasteiger charge is 2.27. The molecule has 3 heterocycles. The van der Waals surface area contributed by atoms with E-state index < -0.39 is 0 Å². The zero-order valence-electron chi connectivity index (χ0n) is 15.2. The molecular weight excluding hydrogens is 372 g/mol. The highest BCUT2D eigenvalue weighted by atomic mass is 35.5. The lowest BCUT2D eigenvalue weighted by molar-refractivity contribution is 0.0984. The molecule has 1 aliphatic heterocycles. The van der Waals surface area contributed by atoms with Crippen molar-refractivity contribution in [2.24, 2.45) is 0 Å². The average Bonchev–Trinajstić information content (AvgIpc) is 3.35. The van der Waals surface area contributed by atoms with Gasteiger partial charge in [0.15, 0.2) is 0 Å². The Balaban J connectivity index is 1.54. The number of amides is 1. The normalized spacial score (nSPS) is 12.6. The molecule has 0 aliphatic carbocycles. The summed E-state index contributed by atoms with van der Waals surface area (Å²) in [6, 6.07) is 19.3. The van der Waals surface area contributed by atoms with E-state index in [0.717, 1.165) is 28.5 Å². The molecule has 0 spiro atoms. The second-order valence-corrected chi connectivity index (χ2v) is 7.22. The van der Waals surface area contributed by atoms with Crippen molar-refractivity contribution in [2.75, 3.05) is 4.90 Å². The zero-order valence-corrected chi connectivity index (χ0v) is 16.0. The van der Waals surface area contributed by atoms with E-state index in [0.29, 0.717) is 17.1 Å². The quantitative estimate of drug-likeness (QED) is 0.495. The van der Waals surface area contributed by atoms with Gasteiger partial charge in [0.1, 0.15) is 0 Å². The maximum atomic E-state index is 13.4. The fourth-order valence-electron chi connectivity index (χ4n) is 3.63. The Bertz CT molecular complexity index is 1210. The van der Waals surface area contributed by atoms with Crippen molar-refractivity contribution in [3.05, 3.63) is 95.0 Å². The Morgan fingerprint density at radius 1 is 1.00 bits per heavy atom. The van der Waals surface area contributed by atoms with Gasteiger partial charge in [-0.2, -0.15) is 5.10 Å². The van der Waals surface area contributed by atoms with Crippen molar-refractivity contribution in [3.8, 4) is 11.4 Å². The third-order valence-electron chi connectivity index (χ3n) is 5.00. The number of hydrogen-bond acceptors (Lipinski definition) is 2. The van der Waals surface area contributed by atoms with Crippen LogP contribution in [0.4, 0.5) is 5.69 Å². The number of carbonyl (C=O) groups is 1. The minimum atomic E-state index is -0.118. The van der Waals surface area contributed by atoms with Gasteiger partial charge < -0.3 is 9.47 Å². The number of carbonyl (C=O) groups excluding carboxylic acids is 1. The standard InChI is InChI=1S/C22H17ClN4O/c1-15-10-12-27(24-15)16-8-9-18(19(23)13-16)22(28)26-14-17-5-4-11-25(17)20-6-2-3-7-21(20)26/h2-13H,14H2,1H3. The van der Waals surface area contributed by atoms with E-state index in [1.54, 1.807) is 21.7 Å². The second-order valence-electron chi connectivity index (χ2n) is 6.82. The molecule has 5 nitrogen and oxygen atoms in total. The lowest BCUT2D eigenvalue weighted by atomic mass is 10.1. The number of halogens is 1. The highest BCUT2D eigenvalue weighted by molar-refractivity contribution is 6.34. The summed E-state index contributed by atoms with van der Waals surface area (Å²) in [6.45, 7) is 2.43. The molecule has 0 N–H and O–H groups in total. The summed E-state index contributed by atoms with van der Waals surface area (Å²) in [5.74, 6) is -0.118. The molecule has 0 bridgehead atoms. The Labute approximate surface area is 167 Å². The molecule has 138 valence electrons. The molecule has 4 aromatic rings. The van der Waals surface area contributed by atoms with Gasteiger partial charge in [-0.3, -0.25) is 4.79 Å². The van der Waals surface area contributed by atoms with Crippen molar-refractivity contribution < 1.29 is 4.79 Å². The van der Waals surface area contributed by atoms with E-state index in [9.17, 15) is 4.79 Å². The minimum Gasteiger partial charge on any atom is -0.317 e. The predicted octanol–water partition coefficient (Wildman–Crippen LogP) is 4.79. The van der Waals surface area contributed by atoms with Gasteiger partial charge in [-0.05, 0) is 55.5 Å². The molecule has 6 heteroatoms. The van der Waals surface area contributed by atoms with Crippen molar-refractivity contribution in [3.63, 3.8) is 0 Å². The van der Waals surface area contributed by atoms with E-state index in [4.69, 9.17) is 11.6 Å². The third-order valence-corrected chi connectivity index (χ3v) is 5.31. The third kappa shape index (κ3) is 2.63. The average molecular weight is 389 g/mol. The van der Waals surface area contributed by atoms with Crippen LogP contribution in [0.15, 0.2) is 73.1 Å². The fraction of sp³-hybridized carbons (Fsp3) is 0.0909. The van der Waals surface area contributed by atoms with Crippen LogP contribution in [0.25, 0.3) is 11.4 Å². The van der Waals surface area contributed by atoms with E-state index in [2.05, 4.69) is 9.67 Å². The molecule has 1 amide bonds. The van der Waals surface area contributed by atoms with Gasteiger partial charge in [-0.1, -0.05) is 23.7 Å². The van der Waals surface area contributed by atoms with Gasteiger partial charge in [-0.25, -0.2) is 4.68 Å². The van der Waals surface area contributed by atoms with Crippen LogP contribution in [0.1, 0.15) is 21.7 Å². The second kappa shape index (κ2) is 6.39. The van der Waals surface area contributed by atoms with Crippen LogP contribution in [0.5, 0.6) is 0 Å². The van der Waals surface area contributed by atoms with Crippen molar-refractivity contribution >= 4 is 23.2 Å². The van der Waals surface area contributed by atoms with E-state index in [-0.39, 0.29) is 5.91 Å². The topological polar surface area (TPSA) is 43.1 Å². The van der Waals surface area contributed by atoms with Crippen LogP contribution in [0.2, 0.25) is 5.02 Å². The van der Waals surface area contributed by atoms with Crippen LogP contribution < -0.4 is 4.90 Å². The Hall–Kier alpha value is -3.31. The largest absolute Gasteiger partial charge is 0.317 e.